The molecule has 0 bridgehead atoms. The number of nitrogens with two attached hydrogens (primary N) is 1. The van der Waals surface area contributed by atoms with Crippen molar-refractivity contribution >= 4 is 28.7 Å². The Morgan fingerprint density at radius 1 is 1.46 bits per heavy atom. The van der Waals surface area contributed by atoms with Gasteiger partial charge in [-0.1, -0.05) is 11.8 Å². The van der Waals surface area contributed by atoms with Crippen molar-refractivity contribution in [3.63, 3.8) is 0 Å². The highest BCUT2D eigenvalue weighted by Crippen LogP contribution is 2.53. The first-order valence-electron chi connectivity index (χ1n) is 8.50. The van der Waals surface area contributed by atoms with Gasteiger partial charge in [0.05, 0.1) is 5.54 Å². The maximum absolute atomic E-state index is 14.7. The number of aliphatic imine (C=N–C) groups is 1. The van der Waals surface area contributed by atoms with Gasteiger partial charge in [0.15, 0.2) is 5.17 Å². The number of fused-ring (bicyclic) bond motifs is 1. The highest BCUT2D eigenvalue weighted by molar-refractivity contribution is 8.13. The van der Waals surface area contributed by atoms with E-state index in [-0.39, 0.29) is 29.5 Å². The largest absolute Gasteiger partial charge is 0.465 e. The van der Waals surface area contributed by atoms with Gasteiger partial charge in [0.1, 0.15) is 12.0 Å². The van der Waals surface area contributed by atoms with Gasteiger partial charge < -0.3 is 10.8 Å². The van der Waals surface area contributed by atoms with Crippen molar-refractivity contribution in [2.75, 3.05) is 11.5 Å². The van der Waals surface area contributed by atoms with Crippen LogP contribution in [0.5, 0.6) is 0 Å². The van der Waals surface area contributed by atoms with E-state index in [0.717, 1.165) is 0 Å². The number of hydrogen-bond acceptors (Lipinski definition) is 4. The van der Waals surface area contributed by atoms with E-state index in [0.29, 0.717) is 11.4 Å². The number of thioether (sulfide) groups is 1. The van der Waals surface area contributed by atoms with E-state index in [2.05, 4.69) is 4.99 Å². The molecule has 1 aromatic rings. The van der Waals surface area contributed by atoms with Crippen LogP contribution in [0.4, 0.5) is 19.3 Å². The van der Waals surface area contributed by atoms with Gasteiger partial charge in [0.2, 0.25) is 0 Å². The zero-order valence-electron chi connectivity index (χ0n) is 15.0. The molecule has 1 aliphatic heterocycles. The Bertz CT molecular complexity index is 765. The number of carbonyl (C=O) groups is 1. The summed E-state index contributed by atoms with van der Waals surface area (Å²) in [5, 5.41) is 9.95. The lowest BCUT2D eigenvalue weighted by atomic mass is 9.81. The molecule has 0 spiro atoms. The van der Waals surface area contributed by atoms with Gasteiger partial charge in [-0.3, -0.25) is 4.90 Å². The van der Waals surface area contributed by atoms with E-state index in [1.54, 1.807) is 20.8 Å². The fourth-order valence-corrected chi connectivity index (χ4v) is 5.32. The SMILES string of the molecule is CC(C)(C)N(C(=O)O)C1=N[C@@]2(c3cc(N)ccc3F)C[C@@H](F)C[C@H]2CS1. The number of nitrogen functional groups attached to an aromatic ring is 1. The fourth-order valence-electron chi connectivity index (χ4n) is 3.85. The van der Waals surface area contributed by atoms with Crippen molar-refractivity contribution in [3.8, 4) is 0 Å². The van der Waals surface area contributed by atoms with Crippen LogP contribution >= 0.6 is 11.8 Å². The molecule has 1 fully saturated rings. The van der Waals surface area contributed by atoms with Crippen LogP contribution in [0, 0.1) is 11.7 Å². The third kappa shape index (κ3) is 3.15. The summed E-state index contributed by atoms with van der Waals surface area (Å²) >= 11 is 1.28. The van der Waals surface area contributed by atoms with Crippen molar-refractivity contribution in [3.05, 3.63) is 29.6 Å². The van der Waals surface area contributed by atoms with Crippen LogP contribution < -0.4 is 5.73 Å². The molecule has 0 unspecified atom stereocenters. The normalized spacial score (nSPS) is 28.4. The fraction of sp³-hybridized carbons (Fsp3) is 0.556. The highest BCUT2D eigenvalue weighted by Gasteiger charge is 2.53. The molecule has 26 heavy (non-hydrogen) atoms. The number of nitrogens with zero attached hydrogens (tertiary/aromatic N) is 2. The van der Waals surface area contributed by atoms with E-state index in [4.69, 9.17) is 5.73 Å². The quantitative estimate of drug-likeness (QED) is 0.711. The third-order valence-corrected chi connectivity index (χ3v) is 6.07. The summed E-state index contributed by atoms with van der Waals surface area (Å²) in [7, 11) is 0. The van der Waals surface area contributed by atoms with E-state index in [9.17, 15) is 18.7 Å². The Hall–Kier alpha value is -1.83. The second-order valence-corrected chi connectivity index (χ2v) is 8.88. The van der Waals surface area contributed by atoms with Crippen molar-refractivity contribution in [1.29, 1.82) is 0 Å². The van der Waals surface area contributed by atoms with Crippen molar-refractivity contribution in [2.45, 2.75) is 50.9 Å². The number of amidine groups is 1. The summed E-state index contributed by atoms with van der Waals surface area (Å²) in [6, 6.07) is 4.21. The molecule has 1 saturated carbocycles. The first-order chi connectivity index (χ1) is 12.0. The predicted molar refractivity (Wildman–Crippen MR) is 99.6 cm³/mol. The minimum atomic E-state index is -1.14. The molecular weight excluding hydrogens is 360 g/mol. The molecule has 1 heterocycles. The minimum absolute atomic E-state index is 0.0275. The number of hydrogen-bond donors (Lipinski definition) is 2. The maximum Gasteiger partial charge on any atom is 0.413 e. The zero-order chi connectivity index (χ0) is 19.3. The van der Waals surface area contributed by atoms with Gasteiger partial charge in [0.25, 0.3) is 0 Å². The van der Waals surface area contributed by atoms with Gasteiger partial charge >= 0.3 is 6.09 Å². The number of rotatable bonds is 1. The molecule has 3 rings (SSSR count). The Labute approximate surface area is 155 Å². The lowest BCUT2D eigenvalue weighted by Gasteiger charge is -2.41. The molecule has 142 valence electrons. The first kappa shape index (κ1) is 18.9. The molecule has 0 aromatic heterocycles. The lowest BCUT2D eigenvalue weighted by molar-refractivity contribution is 0.141. The van der Waals surface area contributed by atoms with Crippen LogP contribution in [0.15, 0.2) is 23.2 Å². The summed E-state index contributed by atoms with van der Waals surface area (Å²) in [6.45, 7) is 5.28. The van der Waals surface area contributed by atoms with E-state index in [1.807, 2.05) is 0 Å². The molecule has 5 nitrogen and oxygen atoms in total. The van der Waals surface area contributed by atoms with E-state index >= 15 is 0 Å². The molecule has 2 aliphatic rings. The van der Waals surface area contributed by atoms with Crippen LogP contribution in [0.25, 0.3) is 0 Å². The van der Waals surface area contributed by atoms with Gasteiger partial charge in [-0.05, 0) is 45.4 Å². The van der Waals surface area contributed by atoms with Crippen molar-refractivity contribution in [1.82, 2.24) is 4.90 Å². The van der Waals surface area contributed by atoms with Crippen LogP contribution in [0.3, 0.4) is 0 Å². The van der Waals surface area contributed by atoms with Crippen LogP contribution in [-0.4, -0.2) is 38.7 Å². The molecule has 0 radical (unpaired) electrons. The number of carboxylic acid groups (broad SMARTS) is 1. The van der Waals surface area contributed by atoms with Crippen LogP contribution in [0.1, 0.15) is 39.2 Å². The summed E-state index contributed by atoms with van der Waals surface area (Å²) in [6.07, 6.45) is -1.95. The Balaban J connectivity index is 2.18. The number of halogens is 2. The van der Waals surface area contributed by atoms with Crippen LogP contribution in [-0.2, 0) is 5.54 Å². The molecule has 1 aliphatic carbocycles. The lowest BCUT2D eigenvalue weighted by Crippen LogP contribution is -2.50. The van der Waals surface area contributed by atoms with E-state index < -0.39 is 29.2 Å². The summed E-state index contributed by atoms with van der Waals surface area (Å²) < 4.78 is 29.0. The molecule has 1 aromatic carbocycles. The second kappa shape index (κ2) is 6.40. The monoisotopic (exact) mass is 383 g/mol. The van der Waals surface area contributed by atoms with Gasteiger partial charge in [-0.15, -0.1) is 0 Å². The molecule has 1 amide bonds. The van der Waals surface area contributed by atoms with Gasteiger partial charge in [-0.2, -0.15) is 0 Å². The average molecular weight is 383 g/mol. The van der Waals surface area contributed by atoms with Crippen molar-refractivity contribution in [2.24, 2.45) is 10.9 Å². The van der Waals surface area contributed by atoms with E-state index in [1.165, 1.54) is 34.9 Å². The zero-order valence-corrected chi connectivity index (χ0v) is 15.8. The molecule has 3 atom stereocenters. The summed E-state index contributed by atoms with van der Waals surface area (Å²) in [5.74, 6) is -0.225. The van der Waals surface area contributed by atoms with Gasteiger partial charge in [-0.25, -0.2) is 18.6 Å². The molecule has 8 heteroatoms. The number of anilines is 1. The van der Waals surface area contributed by atoms with Crippen molar-refractivity contribution < 1.29 is 18.7 Å². The Morgan fingerprint density at radius 3 is 2.77 bits per heavy atom. The van der Waals surface area contributed by atoms with Crippen LogP contribution in [0.2, 0.25) is 0 Å². The number of benzene rings is 1. The highest BCUT2D eigenvalue weighted by atomic mass is 32.2. The second-order valence-electron chi connectivity index (χ2n) is 7.89. The standard InChI is InChI=1S/C18H23F2N3O2S/c1-17(2,3)23(16(24)25)15-22-18(8-11(19)6-10(18)9-26-15)13-7-12(21)4-5-14(13)20/h4-5,7,10-11H,6,8-9,21H2,1-3H3,(H,24,25)/t10-,11-,18-/m0/s1. The minimum Gasteiger partial charge on any atom is -0.465 e. The Morgan fingerprint density at radius 2 is 2.15 bits per heavy atom. The smallest absolute Gasteiger partial charge is 0.413 e. The predicted octanol–water partition coefficient (Wildman–Crippen LogP) is 4.23. The average Bonchev–Trinajstić information content (AvgIpc) is 2.84. The van der Waals surface area contributed by atoms with Gasteiger partial charge in [0, 0.05) is 34.9 Å². The number of amides is 1. The maximum atomic E-state index is 14.7. The molecular formula is C18H23F2N3O2S. The molecule has 0 saturated heterocycles. The topological polar surface area (TPSA) is 78.9 Å². The first-order valence-corrected chi connectivity index (χ1v) is 9.48. The number of alkyl halides is 1. The summed E-state index contributed by atoms with van der Waals surface area (Å²) in [5.41, 5.74) is 4.61. The summed E-state index contributed by atoms with van der Waals surface area (Å²) in [4.78, 5) is 17.7. The molecule has 3 N–H and O–H groups in total. The Kier molecular flexibility index (Phi) is 4.67. The third-order valence-electron chi connectivity index (χ3n) is 4.97.